The number of carbonyl (C=O) groups excluding carboxylic acids is 2. The second-order valence-corrected chi connectivity index (χ2v) is 3.03. The van der Waals surface area contributed by atoms with Gasteiger partial charge in [0.15, 0.2) is 0 Å². The number of esters is 1. The Hall–Kier alpha value is -1.58. The smallest absolute Gasteiger partial charge is 0.318 e. The molecule has 76 valence electrons. The molecule has 1 unspecified atom stereocenters. The van der Waals surface area contributed by atoms with E-state index in [0.717, 1.165) is 0 Å². The molecule has 0 bridgehead atoms. The topological polar surface area (TPSA) is 46.6 Å². The molecule has 1 atom stereocenters. The largest absolute Gasteiger partial charge is 0.468 e. The zero-order valence-electron chi connectivity index (χ0n) is 8.27. The number of methoxy groups -OCH3 is 1. The van der Waals surface area contributed by atoms with Gasteiger partial charge in [0.2, 0.25) is 5.91 Å². The van der Waals surface area contributed by atoms with Crippen molar-refractivity contribution in [3.05, 3.63) is 24.4 Å². The monoisotopic (exact) mass is 195 g/mol. The Morgan fingerprint density at radius 1 is 1.57 bits per heavy atom. The molecule has 0 aliphatic carbocycles. The number of hydrogen-bond acceptors (Lipinski definition) is 3. The minimum atomic E-state index is -0.716. The van der Waals surface area contributed by atoms with Crippen LogP contribution >= 0.6 is 0 Å². The summed E-state index contributed by atoms with van der Waals surface area (Å²) in [6.07, 6.45) is 7.35. The number of ether oxygens (including phenoxy) is 1. The summed E-state index contributed by atoms with van der Waals surface area (Å²) in [6.45, 7) is 0. The number of nitrogens with zero attached hydrogens (tertiary/aromatic N) is 1. The van der Waals surface area contributed by atoms with Gasteiger partial charge in [0, 0.05) is 13.2 Å². The van der Waals surface area contributed by atoms with Crippen LogP contribution in [0.15, 0.2) is 24.4 Å². The molecular formula is C10H13NO3. The van der Waals surface area contributed by atoms with E-state index in [0.29, 0.717) is 6.42 Å². The van der Waals surface area contributed by atoms with Crippen LogP contribution in [-0.2, 0) is 14.3 Å². The van der Waals surface area contributed by atoms with Crippen molar-refractivity contribution >= 4 is 11.9 Å². The predicted molar refractivity (Wildman–Crippen MR) is 51.2 cm³/mol. The van der Waals surface area contributed by atoms with Gasteiger partial charge in [-0.1, -0.05) is 12.2 Å². The average molecular weight is 195 g/mol. The lowest BCUT2D eigenvalue weighted by atomic mass is 10.0. The minimum absolute atomic E-state index is 0.238. The fourth-order valence-corrected chi connectivity index (χ4v) is 1.23. The lowest BCUT2D eigenvalue weighted by Crippen LogP contribution is -2.34. The molecule has 0 aromatic heterocycles. The van der Waals surface area contributed by atoms with Crippen LogP contribution in [0.25, 0.3) is 0 Å². The van der Waals surface area contributed by atoms with Gasteiger partial charge in [0.05, 0.1) is 7.11 Å². The fraction of sp³-hybridized carbons (Fsp3) is 0.400. The molecule has 14 heavy (non-hydrogen) atoms. The molecule has 0 radical (unpaired) electrons. The van der Waals surface area contributed by atoms with Gasteiger partial charge in [-0.3, -0.25) is 9.59 Å². The van der Waals surface area contributed by atoms with Gasteiger partial charge in [0.1, 0.15) is 5.92 Å². The van der Waals surface area contributed by atoms with Crippen molar-refractivity contribution in [3.63, 3.8) is 0 Å². The Bertz CT molecular complexity index is 294. The molecule has 0 spiro atoms. The number of amides is 1. The molecule has 1 aliphatic rings. The number of carbonyl (C=O) groups is 2. The standard InChI is InChI=1S/C10H13NO3/c1-11-7-5-3-4-6-8(9(11)12)10(13)14-2/h3-5,7-8H,6H2,1-2H3/b4-3-,7-5-. The van der Waals surface area contributed by atoms with Crippen molar-refractivity contribution in [1.82, 2.24) is 4.90 Å². The SMILES string of the molecule is COC(=O)C1C/C=C\C=C/N(C)C1=O. The van der Waals surface area contributed by atoms with E-state index in [4.69, 9.17) is 0 Å². The van der Waals surface area contributed by atoms with Gasteiger partial charge in [-0.05, 0) is 12.5 Å². The molecule has 0 fully saturated rings. The maximum Gasteiger partial charge on any atom is 0.318 e. The second kappa shape index (κ2) is 4.60. The first-order valence-electron chi connectivity index (χ1n) is 4.34. The number of rotatable bonds is 1. The number of allylic oxidation sites excluding steroid dienone is 3. The van der Waals surface area contributed by atoms with Crippen LogP contribution in [0.5, 0.6) is 0 Å². The van der Waals surface area contributed by atoms with E-state index in [1.807, 2.05) is 0 Å². The summed E-state index contributed by atoms with van der Waals surface area (Å²) < 4.78 is 4.56. The van der Waals surface area contributed by atoms with Crippen LogP contribution in [0.1, 0.15) is 6.42 Å². The Balaban J connectivity index is 2.84. The Morgan fingerprint density at radius 2 is 2.29 bits per heavy atom. The van der Waals surface area contributed by atoms with Crippen LogP contribution in [0.4, 0.5) is 0 Å². The lowest BCUT2D eigenvalue weighted by Gasteiger charge is -2.19. The maximum absolute atomic E-state index is 11.6. The third-order valence-electron chi connectivity index (χ3n) is 2.06. The van der Waals surface area contributed by atoms with E-state index in [1.54, 1.807) is 31.5 Å². The van der Waals surface area contributed by atoms with Crippen LogP contribution in [0, 0.1) is 5.92 Å². The van der Waals surface area contributed by atoms with Crippen LogP contribution < -0.4 is 0 Å². The fourth-order valence-electron chi connectivity index (χ4n) is 1.23. The molecule has 0 saturated carbocycles. The highest BCUT2D eigenvalue weighted by Crippen LogP contribution is 2.12. The Labute approximate surface area is 82.8 Å². The van der Waals surface area contributed by atoms with Gasteiger partial charge in [-0.2, -0.15) is 0 Å². The quantitative estimate of drug-likeness (QED) is 0.457. The van der Waals surface area contributed by atoms with E-state index >= 15 is 0 Å². The molecule has 1 heterocycles. The highest BCUT2D eigenvalue weighted by molar-refractivity contribution is 5.98. The normalized spacial score (nSPS) is 26.3. The molecule has 0 aromatic rings. The summed E-state index contributed by atoms with van der Waals surface area (Å²) >= 11 is 0. The van der Waals surface area contributed by atoms with E-state index in [-0.39, 0.29) is 5.91 Å². The summed E-state index contributed by atoms with van der Waals surface area (Å²) in [5.74, 6) is -1.44. The Kier molecular flexibility index (Phi) is 3.45. The van der Waals surface area contributed by atoms with Crippen molar-refractivity contribution < 1.29 is 14.3 Å². The zero-order valence-corrected chi connectivity index (χ0v) is 8.27. The van der Waals surface area contributed by atoms with Crippen LogP contribution in [0.3, 0.4) is 0 Å². The molecule has 0 aromatic carbocycles. The average Bonchev–Trinajstić information content (AvgIpc) is 2.19. The zero-order chi connectivity index (χ0) is 10.6. The van der Waals surface area contributed by atoms with Crippen molar-refractivity contribution in [2.45, 2.75) is 6.42 Å². The van der Waals surface area contributed by atoms with Crippen molar-refractivity contribution in [2.75, 3.05) is 14.2 Å². The van der Waals surface area contributed by atoms with E-state index in [1.165, 1.54) is 12.0 Å². The first kappa shape index (κ1) is 10.5. The van der Waals surface area contributed by atoms with Gasteiger partial charge in [-0.15, -0.1) is 0 Å². The van der Waals surface area contributed by atoms with Gasteiger partial charge in [0.25, 0.3) is 0 Å². The van der Waals surface area contributed by atoms with E-state index in [9.17, 15) is 9.59 Å². The first-order chi connectivity index (χ1) is 6.66. The third kappa shape index (κ3) is 2.22. The molecule has 1 amide bonds. The first-order valence-corrected chi connectivity index (χ1v) is 4.34. The highest BCUT2D eigenvalue weighted by atomic mass is 16.5. The van der Waals surface area contributed by atoms with Crippen LogP contribution in [0.2, 0.25) is 0 Å². The molecular weight excluding hydrogens is 182 g/mol. The van der Waals surface area contributed by atoms with E-state index in [2.05, 4.69) is 4.74 Å². The van der Waals surface area contributed by atoms with E-state index < -0.39 is 11.9 Å². The predicted octanol–water partition coefficient (Wildman–Crippen LogP) is 0.708. The third-order valence-corrected chi connectivity index (χ3v) is 2.06. The molecule has 1 aliphatic heterocycles. The lowest BCUT2D eigenvalue weighted by molar-refractivity contribution is -0.152. The summed E-state index contributed by atoms with van der Waals surface area (Å²) in [7, 11) is 2.90. The van der Waals surface area contributed by atoms with Gasteiger partial charge >= 0.3 is 5.97 Å². The van der Waals surface area contributed by atoms with Gasteiger partial charge < -0.3 is 9.64 Å². The van der Waals surface area contributed by atoms with Crippen molar-refractivity contribution in [2.24, 2.45) is 5.92 Å². The van der Waals surface area contributed by atoms with Crippen LogP contribution in [-0.4, -0.2) is 30.9 Å². The molecule has 4 nitrogen and oxygen atoms in total. The molecule has 1 rings (SSSR count). The van der Waals surface area contributed by atoms with Crippen molar-refractivity contribution in [3.8, 4) is 0 Å². The summed E-state index contributed by atoms with van der Waals surface area (Å²) in [4.78, 5) is 24.3. The summed E-state index contributed by atoms with van der Waals surface area (Å²) in [5.41, 5.74) is 0. The second-order valence-electron chi connectivity index (χ2n) is 3.03. The van der Waals surface area contributed by atoms with Gasteiger partial charge in [-0.25, -0.2) is 0 Å². The Morgan fingerprint density at radius 3 is 2.93 bits per heavy atom. The highest BCUT2D eigenvalue weighted by Gasteiger charge is 2.28. The number of hydrogen-bond donors (Lipinski definition) is 0. The minimum Gasteiger partial charge on any atom is -0.468 e. The van der Waals surface area contributed by atoms with Crippen molar-refractivity contribution in [1.29, 1.82) is 0 Å². The molecule has 4 heteroatoms. The molecule has 0 N–H and O–H groups in total. The summed E-state index contributed by atoms with van der Waals surface area (Å²) in [6, 6.07) is 0. The maximum atomic E-state index is 11.6. The summed E-state index contributed by atoms with van der Waals surface area (Å²) in [5, 5.41) is 0. The molecule has 0 saturated heterocycles.